The number of ether oxygens (including phenoxy) is 2. The zero-order valence-corrected chi connectivity index (χ0v) is 18.3. The van der Waals surface area contributed by atoms with E-state index in [1.807, 2.05) is 15.5 Å². The third kappa shape index (κ3) is 3.43. The van der Waals surface area contributed by atoms with Crippen molar-refractivity contribution in [1.29, 1.82) is 0 Å². The summed E-state index contributed by atoms with van der Waals surface area (Å²) in [7, 11) is 3.13. The molecule has 3 aliphatic rings. The summed E-state index contributed by atoms with van der Waals surface area (Å²) >= 11 is 0. The molecule has 0 N–H and O–H groups in total. The van der Waals surface area contributed by atoms with Gasteiger partial charge in [-0.3, -0.25) is 14.4 Å². The molecule has 8 heteroatoms. The number of aromatic nitrogens is 1. The van der Waals surface area contributed by atoms with Crippen molar-refractivity contribution in [2.75, 3.05) is 38.8 Å². The van der Waals surface area contributed by atoms with Crippen LogP contribution in [-0.4, -0.2) is 55.1 Å². The molecule has 1 aromatic heterocycles. The molecular formula is C24H27N3O5. The van der Waals surface area contributed by atoms with Gasteiger partial charge in [-0.15, -0.1) is 0 Å². The number of likely N-dealkylation sites (tertiary alicyclic amines) is 1. The third-order valence-corrected chi connectivity index (χ3v) is 6.94. The van der Waals surface area contributed by atoms with E-state index >= 15 is 0 Å². The Morgan fingerprint density at radius 2 is 1.84 bits per heavy atom. The average molecular weight is 437 g/mol. The number of fused-ring (bicyclic) bond motifs is 4. The highest BCUT2D eigenvalue weighted by atomic mass is 16.5. The molecule has 2 fully saturated rings. The van der Waals surface area contributed by atoms with E-state index in [-0.39, 0.29) is 41.5 Å². The number of anilines is 1. The normalized spacial score (nSPS) is 24.3. The lowest BCUT2D eigenvalue weighted by molar-refractivity contribution is -0.138. The summed E-state index contributed by atoms with van der Waals surface area (Å²) in [6, 6.07) is 10.7. The second-order valence-electron chi connectivity index (χ2n) is 8.88. The molecule has 0 radical (unpaired) electrons. The Morgan fingerprint density at radius 1 is 1.00 bits per heavy atom. The predicted octanol–water partition coefficient (Wildman–Crippen LogP) is 1.86. The highest BCUT2D eigenvalue weighted by Gasteiger charge is 2.42. The average Bonchev–Trinajstić information content (AvgIpc) is 3.20. The van der Waals surface area contributed by atoms with E-state index in [0.29, 0.717) is 43.4 Å². The molecule has 0 spiro atoms. The first kappa shape index (κ1) is 20.6. The van der Waals surface area contributed by atoms with Crippen LogP contribution in [0.1, 0.15) is 24.5 Å². The number of nitrogens with zero attached hydrogens (tertiary/aromatic N) is 3. The molecule has 0 unspecified atom stereocenters. The van der Waals surface area contributed by atoms with Crippen LogP contribution >= 0.6 is 0 Å². The zero-order valence-electron chi connectivity index (χ0n) is 18.3. The minimum absolute atomic E-state index is 0.0229. The van der Waals surface area contributed by atoms with Gasteiger partial charge >= 0.3 is 0 Å². The second kappa shape index (κ2) is 8.00. The van der Waals surface area contributed by atoms with Gasteiger partial charge in [-0.1, -0.05) is 6.07 Å². The maximum Gasteiger partial charge on any atom is 0.250 e. The SMILES string of the molecule is COc1ccc(N2C[C@H](C(=O)N3C[C@@H]4C[C@H](C3)c3cccc(=O)n3C4)CC2=O)c(OC)c1. The maximum atomic E-state index is 13.4. The maximum absolute atomic E-state index is 13.4. The molecule has 2 amide bonds. The topological polar surface area (TPSA) is 81.1 Å². The fraction of sp³-hybridized carbons (Fsp3) is 0.458. The van der Waals surface area contributed by atoms with E-state index in [2.05, 4.69) is 0 Å². The van der Waals surface area contributed by atoms with Crippen LogP contribution in [0.3, 0.4) is 0 Å². The molecule has 2 bridgehead atoms. The Bertz CT molecular complexity index is 1130. The van der Waals surface area contributed by atoms with Crippen LogP contribution in [-0.2, 0) is 16.1 Å². The number of pyridine rings is 1. The monoisotopic (exact) mass is 437 g/mol. The minimum Gasteiger partial charge on any atom is -0.497 e. The Kier molecular flexibility index (Phi) is 5.15. The second-order valence-corrected chi connectivity index (χ2v) is 8.88. The number of hydrogen-bond donors (Lipinski definition) is 0. The summed E-state index contributed by atoms with van der Waals surface area (Å²) in [5.74, 6) is 1.17. The number of carbonyl (C=O) groups excluding carboxylic acids is 2. The molecule has 1 aromatic carbocycles. The van der Waals surface area contributed by atoms with Crippen LogP contribution in [0.25, 0.3) is 0 Å². The van der Waals surface area contributed by atoms with Gasteiger partial charge in [-0.2, -0.15) is 0 Å². The number of hydrogen-bond acceptors (Lipinski definition) is 5. The molecule has 0 aliphatic carbocycles. The first-order chi connectivity index (χ1) is 15.5. The van der Waals surface area contributed by atoms with Gasteiger partial charge in [0.05, 0.1) is 25.8 Å². The molecule has 168 valence electrons. The molecule has 2 saturated heterocycles. The molecule has 0 saturated carbocycles. The van der Waals surface area contributed by atoms with Gasteiger partial charge in [0.25, 0.3) is 5.56 Å². The first-order valence-electron chi connectivity index (χ1n) is 11.0. The van der Waals surface area contributed by atoms with Crippen molar-refractivity contribution in [3.8, 4) is 11.5 Å². The largest absolute Gasteiger partial charge is 0.497 e. The van der Waals surface area contributed by atoms with E-state index in [1.54, 1.807) is 49.5 Å². The molecule has 8 nitrogen and oxygen atoms in total. The Hall–Kier alpha value is -3.29. The standard InChI is InChI=1S/C24H27N3O5/c1-31-18-6-7-20(21(10-18)32-2)27-14-17(9-23(27)29)24(30)25-11-15-8-16(13-25)19-4-3-5-22(28)26(19)12-15/h3-7,10,15-17H,8-9,11-14H2,1-2H3/t15-,16+,17+/m0/s1. The number of rotatable bonds is 4. The lowest BCUT2D eigenvalue weighted by atomic mass is 9.82. The van der Waals surface area contributed by atoms with Crippen LogP contribution in [0.15, 0.2) is 41.2 Å². The van der Waals surface area contributed by atoms with Crippen molar-refractivity contribution in [3.63, 3.8) is 0 Å². The first-order valence-corrected chi connectivity index (χ1v) is 11.0. The van der Waals surface area contributed by atoms with E-state index < -0.39 is 0 Å². The van der Waals surface area contributed by atoms with Crippen molar-refractivity contribution in [2.45, 2.75) is 25.3 Å². The summed E-state index contributed by atoms with van der Waals surface area (Å²) in [4.78, 5) is 42.0. The summed E-state index contributed by atoms with van der Waals surface area (Å²) in [6.45, 7) is 2.21. The van der Waals surface area contributed by atoms with E-state index in [0.717, 1.165) is 12.1 Å². The van der Waals surface area contributed by atoms with Gasteiger partial charge in [0.2, 0.25) is 11.8 Å². The van der Waals surface area contributed by atoms with Crippen molar-refractivity contribution >= 4 is 17.5 Å². The molecular weight excluding hydrogens is 410 g/mol. The van der Waals surface area contributed by atoms with E-state index in [9.17, 15) is 14.4 Å². The van der Waals surface area contributed by atoms with Crippen molar-refractivity contribution in [2.24, 2.45) is 11.8 Å². The van der Waals surface area contributed by atoms with Crippen LogP contribution in [0.4, 0.5) is 5.69 Å². The lowest BCUT2D eigenvalue weighted by Crippen LogP contribution is -2.50. The van der Waals surface area contributed by atoms with Crippen molar-refractivity contribution in [3.05, 3.63) is 52.4 Å². The summed E-state index contributed by atoms with van der Waals surface area (Å²) in [5, 5.41) is 0. The highest BCUT2D eigenvalue weighted by molar-refractivity contribution is 6.01. The number of carbonyl (C=O) groups is 2. The molecule has 4 heterocycles. The van der Waals surface area contributed by atoms with E-state index in [4.69, 9.17) is 9.47 Å². The summed E-state index contributed by atoms with van der Waals surface area (Å²) in [5.41, 5.74) is 1.69. The van der Waals surface area contributed by atoms with Crippen molar-refractivity contribution in [1.82, 2.24) is 9.47 Å². The van der Waals surface area contributed by atoms with Crippen LogP contribution in [0.5, 0.6) is 11.5 Å². The highest BCUT2D eigenvalue weighted by Crippen LogP contribution is 2.38. The smallest absolute Gasteiger partial charge is 0.250 e. The lowest BCUT2D eigenvalue weighted by Gasteiger charge is -2.43. The predicted molar refractivity (Wildman–Crippen MR) is 118 cm³/mol. The number of amides is 2. The van der Waals surface area contributed by atoms with Gasteiger partial charge in [-0.25, -0.2) is 0 Å². The van der Waals surface area contributed by atoms with E-state index in [1.165, 1.54) is 0 Å². The van der Waals surface area contributed by atoms with Gasteiger partial charge in [0, 0.05) is 56.3 Å². The quantitative estimate of drug-likeness (QED) is 0.730. The fourth-order valence-corrected chi connectivity index (χ4v) is 5.45. The molecule has 3 aliphatic heterocycles. The molecule has 2 aromatic rings. The minimum atomic E-state index is -0.383. The summed E-state index contributed by atoms with van der Waals surface area (Å²) < 4.78 is 12.6. The number of methoxy groups -OCH3 is 2. The molecule has 32 heavy (non-hydrogen) atoms. The zero-order chi connectivity index (χ0) is 22.4. The number of benzene rings is 1. The van der Waals surface area contributed by atoms with Gasteiger partial charge in [-0.05, 0) is 30.5 Å². The Morgan fingerprint density at radius 3 is 2.62 bits per heavy atom. The Labute approximate surface area is 186 Å². The third-order valence-electron chi connectivity index (χ3n) is 6.94. The van der Waals surface area contributed by atoms with Gasteiger partial charge in [0.1, 0.15) is 11.5 Å². The number of piperidine rings is 1. The Balaban J connectivity index is 1.33. The fourth-order valence-electron chi connectivity index (χ4n) is 5.45. The van der Waals surface area contributed by atoms with Gasteiger partial charge in [0.15, 0.2) is 0 Å². The van der Waals surface area contributed by atoms with Gasteiger partial charge < -0.3 is 23.8 Å². The van der Waals surface area contributed by atoms with Crippen LogP contribution < -0.4 is 19.9 Å². The van der Waals surface area contributed by atoms with Crippen LogP contribution in [0, 0.1) is 11.8 Å². The molecule has 5 rings (SSSR count). The van der Waals surface area contributed by atoms with Crippen molar-refractivity contribution < 1.29 is 19.1 Å². The van der Waals surface area contributed by atoms with Crippen LogP contribution in [0.2, 0.25) is 0 Å². The molecule has 3 atom stereocenters. The summed E-state index contributed by atoms with van der Waals surface area (Å²) in [6.07, 6.45) is 1.18.